The van der Waals surface area contributed by atoms with Crippen LogP contribution in [0.1, 0.15) is 33.8 Å². The number of carbonyl (C=O) groups is 3. The molecular weight excluding hydrogens is 388 g/mol. The van der Waals surface area contributed by atoms with Gasteiger partial charge in [-0.1, -0.05) is 48.5 Å². The van der Waals surface area contributed by atoms with Crippen molar-refractivity contribution in [3.63, 3.8) is 0 Å². The first-order chi connectivity index (χ1) is 15.1. The molecule has 0 bridgehead atoms. The molecule has 150 valence electrons. The number of hydrogen-bond acceptors (Lipinski definition) is 3. The van der Waals surface area contributed by atoms with Gasteiger partial charge in [-0.25, -0.2) is 4.90 Å². The van der Waals surface area contributed by atoms with Gasteiger partial charge in [0.1, 0.15) is 0 Å². The molecule has 2 heterocycles. The number of H-pyrrole nitrogens is 1. The van der Waals surface area contributed by atoms with Crippen LogP contribution in [0, 0.1) is 5.92 Å². The zero-order valence-corrected chi connectivity index (χ0v) is 16.5. The molecule has 1 fully saturated rings. The van der Waals surface area contributed by atoms with E-state index in [1.54, 1.807) is 24.4 Å². The lowest BCUT2D eigenvalue weighted by atomic mass is 9.83. The Balaban J connectivity index is 1.39. The van der Waals surface area contributed by atoms with Crippen LogP contribution in [0.4, 0.5) is 0 Å². The molecule has 1 N–H and O–H groups in total. The van der Waals surface area contributed by atoms with Crippen molar-refractivity contribution in [1.82, 2.24) is 9.88 Å². The highest BCUT2D eigenvalue weighted by molar-refractivity contribution is 6.21. The van der Waals surface area contributed by atoms with Crippen LogP contribution in [0.25, 0.3) is 22.0 Å². The lowest BCUT2D eigenvalue weighted by Gasteiger charge is -2.20. The van der Waals surface area contributed by atoms with Crippen LogP contribution >= 0.6 is 0 Å². The number of benzene rings is 3. The average Bonchev–Trinajstić information content (AvgIpc) is 3.47. The Kier molecular flexibility index (Phi) is 3.74. The minimum Gasteiger partial charge on any atom is -0.361 e. The van der Waals surface area contributed by atoms with E-state index < -0.39 is 23.6 Å². The van der Waals surface area contributed by atoms with Crippen molar-refractivity contribution >= 4 is 28.6 Å². The first-order valence-corrected chi connectivity index (χ1v) is 10.3. The molecule has 3 amide bonds. The van der Waals surface area contributed by atoms with E-state index in [0.29, 0.717) is 5.56 Å². The van der Waals surface area contributed by atoms with E-state index in [-0.39, 0.29) is 12.3 Å². The fourth-order valence-corrected chi connectivity index (χ4v) is 5.07. The highest BCUT2D eigenvalue weighted by Crippen LogP contribution is 2.50. The number of imide groups is 3. The highest BCUT2D eigenvalue weighted by Gasteiger charge is 2.49. The predicted octanol–water partition coefficient (Wildman–Crippen LogP) is 4.50. The van der Waals surface area contributed by atoms with Crippen LogP contribution in [0.5, 0.6) is 0 Å². The van der Waals surface area contributed by atoms with Gasteiger partial charge in [-0.05, 0) is 46.5 Å². The van der Waals surface area contributed by atoms with Crippen molar-refractivity contribution in [2.75, 3.05) is 0 Å². The zero-order chi connectivity index (χ0) is 21.1. The van der Waals surface area contributed by atoms with E-state index in [1.807, 2.05) is 54.6 Å². The maximum Gasteiger partial charge on any atom is 0.267 e. The van der Waals surface area contributed by atoms with Gasteiger partial charge < -0.3 is 4.98 Å². The molecule has 6 rings (SSSR count). The quantitative estimate of drug-likeness (QED) is 0.499. The van der Waals surface area contributed by atoms with Gasteiger partial charge in [0.05, 0.1) is 5.92 Å². The first-order valence-electron chi connectivity index (χ1n) is 10.3. The third-order valence-corrected chi connectivity index (χ3v) is 6.47. The van der Waals surface area contributed by atoms with Crippen LogP contribution in [-0.2, 0) is 9.59 Å². The van der Waals surface area contributed by atoms with Crippen LogP contribution in [0.15, 0.2) is 79.0 Å². The summed E-state index contributed by atoms with van der Waals surface area (Å²) in [6.07, 6.45) is 1.82. The van der Waals surface area contributed by atoms with Gasteiger partial charge in [0, 0.05) is 35.0 Å². The van der Waals surface area contributed by atoms with E-state index in [4.69, 9.17) is 0 Å². The highest BCUT2D eigenvalue weighted by atomic mass is 16.2. The Labute approximate surface area is 178 Å². The van der Waals surface area contributed by atoms with Gasteiger partial charge in [0.15, 0.2) is 0 Å². The Bertz CT molecular complexity index is 1360. The number of aromatic nitrogens is 1. The minimum absolute atomic E-state index is 0.0321. The SMILES string of the molecule is O=C1CC(C2c3ccccc3-c3ccccc32)C(=O)N1C(=O)c1ccc2[nH]ccc2c1. The lowest BCUT2D eigenvalue weighted by molar-refractivity contribution is -0.136. The molecule has 1 aliphatic carbocycles. The second-order valence-corrected chi connectivity index (χ2v) is 8.12. The summed E-state index contributed by atoms with van der Waals surface area (Å²) >= 11 is 0. The maximum atomic E-state index is 13.4. The number of nitrogens with zero attached hydrogens (tertiary/aromatic N) is 1. The standard InChI is InChI=1S/C26H18N2O3/c29-23-14-21(24-19-7-3-1-5-17(19)18-6-2-4-8-20(18)24)26(31)28(23)25(30)16-9-10-22-15(13-16)11-12-27-22/h1-13,21,24,27H,14H2. The normalized spacial score (nSPS) is 17.9. The smallest absolute Gasteiger partial charge is 0.267 e. The van der Waals surface area contributed by atoms with E-state index in [9.17, 15) is 14.4 Å². The van der Waals surface area contributed by atoms with Crippen molar-refractivity contribution in [3.8, 4) is 11.1 Å². The summed E-state index contributed by atoms with van der Waals surface area (Å²) in [4.78, 5) is 43.4. The summed E-state index contributed by atoms with van der Waals surface area (Å²) in [6.45, 7) is 0. The van der Waals surface area contributed by atoms with Crippen molar-refractivity contribution in [2.45, 2.75) is 12.3 Å². The average molecular weight is 406 g/mol. The molecule has 1 atom stereocenters. The molecule has 1 saturated heterocycles. The topological polar surface area (TPSA) is 70.2 Å². The van der Waals surface area contributed by atoms with Gasteiger partial charge in [0.2, 0.25) is 11.8 Å². The van der Waals surface area contributed by atoms with E-state index in [2.05, 4.69) is 4.98 Å². The number of rotatable bonds is 2. The Hall–Kier alpha value is -3.99. The van der Waals surface area contributed by atoms with E-state index >= 15 is 0 Å². The minimum atomic E-state index is -0.586. The largest absolute Gasteiger partial charge is 0.361 e. The van der Waals surface area contributed by atoms with Gasteiger partial charge in [0.25, 0.3) is 5.91 Å². The number of likely N-dealkylation sites (tertiary alicyclic amines) is 1. The molecule has 4 aromatic rings. The monoisotopic (exact) mass is 406 g/mol. The molecule has 31 heavy (non-hydrogen) atoms. The molecule has 1 unspecified atom stereocenters. The van der Waals surface area contributed by atoms with Crippen molar-refractivity contribution in [2.24, 2.45) is 5.92 Å². The number of fused-ring (bicyclic) bond motifs is 4. The number of amides is 3. The Morgan fingerprint density at radius 3 is 2.26 bits per heavy atom. The van der Waals surface area contributed by atoms with Gasteiger partial charge in [-0.2, -0.15) is 0 Å². The molecule has 5 heteroatoms. The Morgan fingerprint density at radius 1 is 0.871 bits per heavy atom. The zero-order valence-electron chi connectivity index (χ0n) is 16.5. The molecule has 0 spiro atoms. The van der Waals surface area contributed by atoms with Crippen LogP contribution < -0.4 is 0 Å². The Morgan fingerprint density at radius 2 is 1.55 bits per heavy atom. The summed E-state index contributed by atoms with van der Waals surface area (Å²) < 4.78 is 0. The second kappa shape index (κ2) is 6.51. The van der Waals surface area contributed by atoms with Crippen molar-refractivity contribution in [1.29, 1.82) is 0 Å². The van der Waals surface area contributed by atoms with Crippen LogP contribution in [0.2, 0.25) is 0 Å². The first kappa shape index (κ1) is 17.8. The molecule has 1 aromatic heterocycles. The molecule has 5 nitrogen and oxygen atoms in total. The summed E-state index contributed by atoms with van der Waals surface area (Å²) in [5.74, 6) is -2.22. The summed E-state index contributed by atoms with van der Waals surface area (Å²) in [7, 11) is 0. The van der Waals surface area contributed by atoms with Gasteiger partial charge >= 0.3 is 0 Å². The summed E-state index contributed by atoms with van der Waals surface area (Å²) in [5, 5.41) is 0.861. The third-order valence-electron chi connectivity index (χ3n) is 6.47. The van der Waals surface area contributed by atoms with Gasteiger partial charge in [-0.15, -0.1) is 0 Å². The fourth-order valence-electron chi connectivity index (χ4n) is 5.07. The molecule has 2 aliphatic rings. The number of hydrogen-bond donors (Lipinski definition) is 1. The van der Waals surface area contributed by atoms with E-state index in [0.717, 1.165) is 38.1 Å². The molecule has 1 aliphatic heterocycles. The van der Waals surface area contributed by atoms with Crippen LogP contribution in [0.3, 0.4) is 0 Å². The molecule has 3 aromatic carbocycles. The van der Waals surface area contributed by atoms with E-state index in [1.165, 1.54) is 0 Å². The van der Waals surface area contributed by atoms with Crippen molar-refractivity contribution < 1.29 is 14.4 Å². The summed E-state index contributed by atoms with van der Waals surface area (Å²) in [5.41, 5.74) is 5.49. The number of nitrogens with one attached hydrogen (secondary N) is 1. The molecule has 0 radical (unpaired) electrons. The summed E-state index contributed by atoms with van der Waals surface area (Å²) in [6, 6.07) is 23.0. The van der Waals surface area contributed by atoms with Crippen molar-refractivity contribution in [3.05, 3.63) is 95.7 Å². The maximum absolute atomic E-state index is 13.4. The second-order valence-electron chi connectivity index (χ2n) is 8.12. The van der Waals surface area contributed by atoms with Crippen LogP contribution in [-0.4, -0.2) is 27.6 Å². The lowest BCUT2D eigenvalue weighted by Crippen LogP contribution is -2.37. The van der Waals surface area contributed by atoms with Gasteiger partial charge in [-0.3, -0.25) is 14.4 Å². The number of carbonyl (C=O) groups excluding carboxylic acids is 3. The molecule has 0 saturated carbocycles. The third kappa shape index (κ3) is 2.53. The predicted molar refractivity (Wildman–Crippen MR) is 116 cm³/mol. The number of aromatic amines is 1. The molecular formula is C26H18N2O3. The fraction of sp³-hybridized carbons (Fsp3) is 0.115.